The van der Waals surface area contributed by atoms with Gasteiger partial charge >= 0.3 is 132 Å². The van der Waals surface area contributed by atoms with Gasteiger partial charge in [0.1, 0.15) is 0 Å². The van der Waals surface area contributed by atoms with Gasteiger partial charge in [0.05, 0.1) is 0 Å². The van der Waals surface area contributed by atoms with E-state index < -0.39 is 39.6 Å². The number of halogens is 2. The summed E-state index contributed by atoms with van der Waals surface area (Å²) in [6.45, 7) is 17.0. The molecule has 0 atom stereocenters. The van der Waals surface area contributed by atoms with Gasteiger partial charge in [-0.1, -0.05) is 23.5 Å². The second kappa shape index (κ2) is 19.8. The van der Waals surface area contributed by atoms with Crippen molar-refractivity contribution in [1.82, 2.24) is 6.61 Å². The van der Waals surface area contributed by atoms with Crippen molar-refractivity contribution in [2.24, 2.45) is 0 Å². The molecular formula is C34H48Cl2InN4O2Si2Zr. The van der Waals surface area contributed by atoms with E-state index in [4.69, 9.17) is 0 Å². The van der Waals surface area contributed by atoms with Crippen LogP contribution < -0.4 is 41.2 Å². The fourth-order valence-electron chi connectivity index (χ4n) is 5.34. The number of amides is 2. The topological polar surface area (TPSA) is 64.7 Å². The number of hydrogen-bond acceptors (Lipinski definition) is 4. The summed E-state index contributed by atoms with van der Waals surface area (Å²) < 4.78 is 5.86. The molecular weight excluding hydrogens is 830 g/mol. The third-order valence-corrected chi connectivity index (χ3v) is 15.0. The first-order valence-electron chi connectivity index (χ1n) is 15.7. The molecule has 2 aliphatic heterocycles. The Morgan fingerprint density at radius 3 is 1.28 bits per heavy atom. The molecule has 2 saturated heterocycles. The van der Waals surface area contributed by atoms with Gasteiger partial charge in [0.15, 0.2) is 0 Å². The van der Waals surface area contributed by atoms with Crippen LogP contribution in [0.5, 0.6) is 0 Å². The van der Waals surface area contributed by atoms with Crippen LogP contribution in [0.15, 0.2) is 72.8 Å². The van der Waals surface area contributed by atoms with Gasteiger partial charge in [0, 0.05) is 26.2 Å². The van der Waals surface area contributed by atoms with Crippen molar-refractivity contribution in [3.8, 4) is 0 Å². The van der Waals surface area contributed by atoms with E-state index in [2.05, 4.69) is 89.2 Å². The number of anilines is 2. The molecule has 0 aromatic heterocycles. The first kappa shape index (κ1) is 43.0. The van der Waals surface area contributed by atoms with Crippen molar-refractivity contribution in [2.75, 3.05) is 36.0 Å². The summed E-state index contributed by atoms with van der Waals surface area (Å²) in [5.41, 5.74) is 3.19. The smallest absolute Gasteiger partial charge is 1.00 e. The summed E-state index contributed by atoms with van der Waals surface area (Å²) in [7, 11) is -3.44. The first-order chi connectivity index (χ1) is 20.4. The molecule has 4 aromatic rings. The van der Waals surface area contributed by atoms with Crippen molar-refractivity contribution in [3.05, 3.63) is 72.8 Å². The largest absolute Gasteiger partial charge is 4.00 e. The number of benzene rings is 2. The van der Waals surface area contributed by atoms with Crippen molar-refractivity contribution in [2.45, 2.75) is 65.0 Å². The molecule has 6 nitrogen and oxygen atoms in total. The van der Waals surface area contributed by atoms with Gasteiger partial charge in [-0.15, -0.1) is 82.2 Å². The number of carbonyl (C=O) groups excluding carboxylic acids is 2. The second-order valence-corrected chi connectivity index (χ2v) is 26.0. The monoisotopic (exact) mass is 875 g/mol. The van der Waals surface area contributed by atoms with Crippen molar-refractivity contribution < 1.29 is 60.6 Å². The first-order valence-corrected chi connectivity index (χ1v) is 26.0. The summed E-state index contributed by atoms with van der Waals surface area (Å²) in [6.07, 6.45) is 5.39. The van der Waals surface area contributed by atoms with Crippen LogP contribution in [0.3, 0.4) is 0 Å². The van der Waals surface area contributed by atoms with Gasteiger partial charge in [0.25, 0.3) is 0 Å². The molecule has 2 N–H and O–H groups in total. The number of hydrogen-bond donors (Lipinski definition) is 2. The van der Waals surface area contributed by atoms with Crippen molar-refractivity contribution in [3.63, 3.8) is 0 Å². The van der Waals surface area contributed by atoms with Gasteiger partial charge < -0.3 is 34.6 Å². The maximum Gasteiger partial charge on any atom is 4.00 e. The number of nitrogens with one attached hydrogen (secondary N) is 2. The zero-order valence-corrected chi connectivity index (χ0v) is 37.4. The zero-order valence-electron chi connectivity index (χ0n) is 28.1. The molecule has 2 aliphatic rings. The molecule has 6 rings (SSSR count). The second-order valence-electron chi connectivity index (χ2n) is 13.6. The number of rotatable bonds is 6. The van der Waals surface area contributed by atoms with E-state index in [0.29, 0.717) is 0 Å². The minimum atomic E-state index is -1.72. The molecule has 2 heterocycles. The SMILES string of the molecule is C[Si](C)(C)C(=O)[NH][In][NH]C(=O)[Si](C)(C)C.[Cl-].[Cl-].[Zr+4].c1ccc2c(N3CCCC3)c[cH-]c2c1.c1ccc2c(N3CCCC3)c[cH-]c2c1. The normalized spacial score (nSPS) is 14.0. The van der Waals surface area contributed by atoms with E-state index in [1.165, 1.54) is 84.8 Å². The molecule has 4 aromatic carbocycles. The molecule has 2 amide bonds. The molecule has 0 spiro atoms. The summed E-state index contributed by atoms with van der Waals surface area (Å²) in [6, 6.07) is 26.3. The van der Waals surface area contributed by atoms with E-state index >= 15 is 0 Å². The average molecular weight is 878 g/mol. The maximum atomic E-state index is 11.6. The van der Waals surface area contributed by atoms with Crippen LogP contribution in [0, 0.1) is 0 Å². The van der Waals surface area contributed by atoms with Crippen LogP contribution in [-0.4, -0.2) is 76.9 Å². The molecule has 0 aliphatic carbocycles. The summed E-state index contributed by atoms with van der Waals surface area (Å²) in [5, 5.41) is 5.56. The predicted molar refractivity (Wildman–Crippen MR) is 191 cm³/mol. The minimum absolute atomic E-state index is 0. The predicted octanol–water partition coefficient (Wildman–Crippen LogP) is 2.10. The van der Waals surface area contributed by atoms with Crippen molar-refractivity contribution in [1.29, 1.82) is 0 Å². The van der Waals surface area contributed by atoms with Gasteiger partial charge in [-0.25, -0.2) is 0 Å². The third kappa shape index (κ3) is 12.1. The fourth-order valence-corrected chi connectivity index (χ4v) is 15.5. The number of nitrogens with zero attached hydrogens (tertiary/aromatic N) is 2. The Bertz CT molecular complexity index is 1400. The van der Waals surface area contributed by atoms with E-state index in [1.54, 1.807) is 0 Å². The molecule has 2 fully saturated rings. The van der Waals surface area contributed by atoms with Crippen LogP contribution in [-0.2, 0) is 26.2 Å². The van der Waals surface area contributed by atoms with E-state index in [0.717, 1.165) is 0 Å². The standard InChI is InChI=1S/2C13H14N.2C4H11NOSi.2ClH.In.Zr/c2*1-2-6-12-11(5-1)7-8-13(12)14-9-3-4-10-14;2*1-7(2,3)4(5)6;;;;/h2*1-2,5-8H,3-4,9-10H2;2*1-3H3,(H2,5,6);2*1H;;/q2*-1;;;;;+2;+4/p-4. The Labute approximate surface area is 321 Å². The van der Waals surface area contributed by atoms with Crippen LogP contribution in [0.25, 0.3) is 21.5 Å². The molecule has 0 unspecified atom stereocenters. The Balaban J connectivity index is 0.000000334. The molecule has 0 saturated carbocycles. The minimum Gasteiger partial charge on any atom is -1.00 e. The Hall–Kier alpha value is -1.03. The quantitative estimate of drug-likeness (QED) is 0.231. The summed E-state index contributed by atoms with van der Waals surface area (Å²) in [4.78, 5) is 28.1. The van der Waals surface area contributed by atoms with Crippen molar-refractivity contribution >= 4 is 83.6 Å². The Kier molecular flexibility index (Phi) is 18.5. The van der Waals surface area contributed by atoms with Crippen LogP contribution >= 0.6 is 0 Å². The fraction of sp³-hybridized carbons (Fsp3) is 0.412. The van der Waals surface area contributed by atoms with E-state index in [1.807, 2.05) is 39.3 Å². The average Bonchev–Trinajstić information content (AvgIpc) is 3.78. The number of fused-ring (bicyclic) bond motifs is 2. The Morgan fingerprint density at radius 2 is 0.957 bits per heavy atom. The maximum absolute atomic E-state index is 11.6. The molecule has 46 heavy (non-hydrogen) atoms. The van der Waals surface area contributed by atoms with E-state index in [-0.39, 0.29) is 62.1 Å². The molecule has 12 heteroatoms. The Morgan fingerprint density at radius 1 is 0.630 bits per heavy atom. The van der Waals surface area contributed by atoms with Gasteiger partial charge in [-0.2, -0.15) is 0 Å². The van der Waals surface area contributed by atoms with Gasteiger partial charge in [-0.3, -0.25) is 0 Å². The molecule has 0 bridgehead atoms. The van der Waals surface area contributed by atoms with Gasteiger partial charge in [-0.05, 0) is 25.7 Å². The van der Waals surface area contributed by atoms with Gasteiger partial charge in [0.2, 0.25) is 0 Å². The summed E-state index contributed by atoms with van der Waals surface area (Å²) >= 11 is -1.43. The van der Waals surface area contributed by atoms with Crippen LogP contribution in [0.2, 0.25) is 39.3 Å². The molecule has 1 radical (unpaired) electrons. The van der Waals surface area contributed by atoms with Crippen LogP contribution in [0.1, 0.15) is 25.7 Å². The summed E-state index contributed by atoms with van der Waals surface area (Å²) in [5.74, 6) is 0. The molecule has 245 valence electrons. The number of carbonyl (C=O) groups is 2. The zero-order chi connectivity index (χ0) is 31.0. The third-order valence-electron chi connectivity index (χ3n) is 7.98. The van der Waals surface area contributed by atoms with E-state index in [9.17, 15) is 9.59 Å². The van der Waals surface area contributed by atoms with Crippen LogP contribution in [0.4, 0.5) is 21.0 Å².